The quantitative estimate of drug-likeness (QED) is 0.234. The van der Waals surface area contributed by atoms with E-state index in [-0.39, 0.29) is 0 Å². The third kappa shape index (κ3) is 9.41. The van der Waals surface area contributed by atoms with Crippen molar-refractivity contribution >= 4 is 23.8 Å². The highest BCUT2D eigenvalue weighted by Gasteiger charge is 2.14. The van der Waals surface area contributed by atoms with Gasteiger partial charge in [-0.1, -0.05) is 117 Å². The highest BCUT2D eigenvalue weighted by atomic mass is 31.1. The summed E-state index contributed by atoms with van der Waals surface area (Å²) in [6, 6.07) is 44.5. The van der Waals surface area contributed by atoms with E-state index in [0.29, 0.717) is 0 Å². The maximum atomic E-state index is 4.41. The minimum atomic E-state index is -0.446. The van der Waals surface area contributed by atoms with Crippen molar-refractivity contribution in [1.82, 2.24) is 9.97 Å². The molecule has 3 aromatic carbocycles. The number of benzene rings is 3. The monoisotopic (exact) mass is 504 g/mol. The van der Waals surface area contributed by atoms with Crippen LogP contribution in [-0.4, -0.2) is 9.97 Å². The SMILES string of the molecule is CCc1cccc(CC)n1.Cc1cccc(C)n1.c1ccc(P(c2ccccc2)c2ccccc2)cc1. The highest BCUT2D eigenvalue weighted by Crippen LogP contribution is 2.32. The van der Waals surface area contributed by atoms with Gasteiger partial charge in [0, 0.05) is 22.8 Å². The van der Waals surface area contributed by atoms with E-state index in [9.17, 15) is 0 Å². The molecule has 0 aliphatic rings. The molecule has 0 saturated carbocycles. The Morgan fingerprint density at radius 2 is 0.784 bits per heavy atom. The zero-order chi connectivity index (χ0) is 26.3. The summed E-state index contributed by atoms with van der Waals surface area (Å²) in [5.74, 6) is 0. The van der Waals surface area contributed by atoms with Gasteiger partial charge in [-0.15, -0.1) is 0 Å². The van der Waals surface area contributed by atoms with Crippen molar-refractivity contribution in [2.45, 2.75) is 40.5 Å². The number of pyridine rings is 2. The summed E-state index contributed by atoms with van der Waals surface area (Å²) in [4.78, 5) is 8.58. The molecule has 2 aromatic heterocycles. The molecule has 0 aliphatic heterocycles. The van der Waals surface area contributed by atoms with Crippen LogP contribution < -0.4 is 15.9 Å². The van der Waals surface area contributed by atoms with Gasteiger partial charge in [-0.05, 0) is 74.8 Å². The fourth-order valence-electron chi connectivity index (χ4n) is 3.78. The Bertz CT molecular complexity index is 1180. The standard InChI is InChI=1S/C18H15P.C9H13N.C7H9N/c1-4-10-16(11-5-1)19(17-12-6-2-7-13-17)18-14-8-3-9-15-18;1-3-8-6-5-7-9(4-2)10-8;1-6-4-3-5-7(2)8-6/h1-15H;5-7H,3-4H2,1-2H3;3-5H,1-2H3. The van der Waals surface area contributed by atoms with Crippen molar-refractivity contribution in [1.29, 1.82) is 0 Å². The predicted octanol–water partition coefficient (Wildman–Crippen LogP) is 7.35. The second-order valence-corrected chi connectivity index (χ2v) is 10.8. The van der Waals surface area contributed by atoms with Gasteiger partial charge in [0.1, 0.15) is 0 Å². The smallest absolute Gasteiger partial charge is 0.0404 e. The number of hydrogen-bond acceptors (Lipinski definition) is 2. The van der Waals surface area contributed by atoms with Gasteiger partial charge in [0.25, 0.3) is 0 Å². The van der Waals surface area contributed by atoms with Gasteiger partial charge < -0.3 is 0 Å². The molecule has 0 bridgehead atoms. The van der Waals surface area contributed by atoms with E-state index in [1.54, 1.807) is 0 Å². The molecule has 0 radical (unpaired) electrons. The molecule has 0 spiro atoms. The molecule has 3 heteroatoms. The van der Waals surface area contributed by atoms with E-state index in [0.717, 1.165) is 24.2 Å². The zero-order valence-electron chi connectivity index (χ0n) is 22.4. The van der Waals surface area contributed by atoms with Crippen LogP contribution in [0.2, 0.25) is 0 Å². The lowest BCUT2D eigenvalue weighted by atomic mass is 10.2. The number of rotatable bonds is 5. The molecule has 0 aliphatic carbocycles. The fraction of sp³-hybridized carbons (Fsp3) is 0.176. The van der Waals surface area contributed by atoms with Crippen LogP contribution in [0.15, 0.2) is 127 Å². The van der Waals surface area contributed by atoms with Crippen molar-refractivity contribution in [3.8, 4) is 0 Å². The molecule has 2 heterocycles. The normalized spacial score (nSPS) is 10.1. The number of hydrogen-bond donors (Lipinski definition) is 0. The summed E-state index contributed by atoms with van der Waals surface area (Å²) >= 11 is 0. The summed E-state index contributed by atoms with van der Waals surface area (Å²) in [6.07, 6.45) is 2.07. The first-order valence-corrected chi connectivity index (χ1v) is 14.2. The maximum absolute atomic E-state index is 4.41. The summed E-state index contributed by atoms with van der Waals surface area (Å²) in [7, 11) is -0.446. The van der Waals surface area contributed by atoms with Gasteiger partial charge in [0.15, 0.2) is 0 Å². The van der Waals surface area contributed by atoms with Crippen molar-refractivity contribution in [2.24, 2.45) is 0 Å². The molecule has 5 rings (SSSR count). The Morgan fingerprint density at radius 3 is 1.08 bits per heavy atom. The lowest BCUT2D eigenvalue weighted by molar-refractivity contribution is 0.955. The van der Waals surface area contributed by atoms with Gasteiger partial charge in [-0.25, -0.2) is 0 Å². The third-order valence-corrected chi connectivity index (χ3v) is 8.10. The summed E-state index contributed by atoms with van der Waals surface area (Å²) in [5, 5.41) is 4.19. The largest absolute Gasteiger partial charge is 0.258 e. The molecule has 5 aromatic rings. The fourth-order valence-corrected chi connectivity index (χ4v) is 6.09. The average Bonchev–Trinajstić information content (AvgIpc) is 2.95. The van der Waals surface area contributed by atoms with Gasteiger partial charge in [0.05, 0.1) is 0 Å². The van der Waals surface area contributed by atoms with Crippen LogP contribution >= 0.6 is 7.92 Å². The molecule has 0 N–H and O–H groups in total. The average molecular weight is 505 g/mol. The van der Waals surface area contributed by atoms with Crippen molar-refractivity contribution in [3.63, 3.8) is 0 Å². The Labute approximate surface area is 224 Å². The van der Waals surface area contributed by atoms with E-state index in [1.165, 1.54) is 27.3 Å². The molecule has 0 saturated heterocycles. The first-order valence-electron chi connectivity index (χ1n) is 12.9. The summed E-state index contributed by atoms with van der Waals surface area (Å²) < 4.78 is 0. The lowest BCUT2D eigenvalue weighted by Crippen LogP contribution is -2.20. The minimum absolute atomic E-state index is 0.446. The molecular formula is C34H37N2P. The van der Waals surface area contributed by atoms with Crippen LogP contribution in [0.5, 0.6) is 0 Å². The number of aryl methyl sites for hydroxylation is 4. The predicted molar refractivity (Wildman–Crippen MR) is 162 cm³/mol. The maximum Gasteiger partial charge on any atom is 0.0404 e. The van der Waals surface area contributed by atoms with Gasteiger partial charge in [-0.3, -0.25) is 9.97 Å². The molecule has 188 valence electrons. The Balaban J connectivity index is 0.000000177. The van der Waals surface area contributed by atoms with Crippen LogP contribution in [0.3, 0.4) is 0 Å². The van der Waals surface area contributed by atoms with Gasteiger partial charge >= 0.3 is 0 Å². The first kappa shape index (κ1) is 28.0. The molecule has 0 fully saturated rings. The second kappa shape index (κ2) is 15.5. The van der Waals surface area contributed by atoms with E-state index in [2.05, 4.69) is 133 Å². The van der Waals surface area contributed by atoms with E-state index in [4.69, 9.17) is 0 Å². The number of nitrogens with zero attached hydrogens (tertiary/aromatic N) is 2. The van der Waals surface area contributed by atoms with Crippen molar-refractivity contribution in [2.75, 3.05) is 0 Å². The lowest BCUT2D eigenvalue weighted by Gasteiger charge is -2.18. The molecule has 37 heavy (non-hydrogen) atoms. The second-order valence-electron chi connectivity index (χ2n) is 8.59. The summed E-state index contributed by atoms with van der Waals surface area (Å²) in [5.41, 5.74) is 4.56. The molecule has 0 amide bonds. The molecular weight excluding hydrogens is 467 g/mol. The topological polar surface area (TPSA) is 25.8 Å². The Hall–Kier alpha value is -3.61. The van der Waals surface area contributed by atoms with E-state index >= 15 is 0 Å². The van der Waals surface area contributed by atoms with Crippen LogP contribution in [-0.2, 0) is 12.8 Å². The van der Waals surface area contributed by atoms with Gasteiger partial charge in [-0.2, -0.15) is 0 Å². The van der Waals surface area contributed by atoms with Crippen molar-refractivity contribution in [3.05, 3.63) is 150 Å². The van der Waals surface area contributed by atoms with Crippen LogP contribution in [0.25, 0.3) is 0 Å². The molecule has 0 unspecified atom stereocenters. The minimum Gasteiger partial charge on any atom is -0.258 e. The van der Waals surface area contributed by atoms with Crippen LogP contribution in [0.1, 0.15) is 36.6 Å². The summed E-state index contributed by atoms with van der Waals surface area (Å²) in [6.45, 7) is 8.24. The molecule has 2 nitrogen and oxygen atoms in total. The highest BCUT2D eigenvalue weighted by molar-refractivity contribution is 7.79. The van der Waals surface area contributed by atoms with Crippen LogP contribution in [0, 0.1) is 13.8 Å². The van der Waals surface area contributed by atoms with E-state index in [1.807, 2.05) is 32.0 Å². The number of aromatic nitrogens is 2. The van der Waals surface area contributed by atoms with Crippen LogP contribution in [0.4, 0.5) is 0 Å². The third-order valence-electron chi connectivity index (χ3n) is 5.66. The Kier molecular flexibility index (Phi) is 11.7. The Morgan fingerprint density at radius 1 is 0.432 bits per heavy atom. The van der Waals surface area contributed by atoms with Gasteiger partial charge in [0.2, 0.25) is 0 Å². The van der Waals surface area contributed by atoms with Crippen molar-refractivity contribution < 1.29 is 0 Å². The van der Waals surface area contributed by atoms with E-state index < -0.39 is 7.92 Å². The first-order chi connectivity index (χ1) is 18.1. The zero-order valence-corrected chi connectivity index (χ0v) is 23.3. The molecule has 0 atom stereocenters.